The Bertz CT molecular complexity index is 1770. The minimum Gasteiger partial charge on any atom is -0.386 e. The van der Waals surface area contributed by atoms with Gasteiger partial charge >= 0.3 is 11.9 Å². The molecule has 0 radical (unpaired) electrons. The third-order valence-electron chi connectivity index (χ3n) is 7.86. The number of fused-ring (bicyclic) bond motifs is 8. The lowest BCUT2D eigenvalue weighted by atomic mass is 10.00. The number of ether oxygens (including phenoxy) is 1. The van der Waals surface area contributed by atoms with Crippen molar-refractivity contribution in [2.75, 3.05) is 0 Å². The Morgan fingerprint density at radius 2 is 1.68 bits per heavy atom. The van der Waals surface area contributed by atoms with Gasteiger partial charge in [0.25, 0.3) is 0 Å². The van der Waals surface area contributed by atoms with Crippen LogP contribution in [0.2, 0.25) is 0 Å². The van der Waals surface area contributed by atoms with Gasteiger partial charge in [0.1, 0.15) is 5.56 Å². The number of carbonyl (C=O) groups excluding carboxylic acids is 2. The average Bonchev–Trinajstić information content (AvgIpc) is 3.54. The summed E-state index contributed by atoms with van der Waals surface area (Å²) in [5.74, 6) is -1.22. The summed E-state index contributed by atoms with van der Waals surface area (Å²) in [5.41, 5.74) is 12.0. The Kier molecular flexibility index (Phi) is 5.09. The SMILES string of the molecule is C=Cc1c(C)c2cc3nc(c4c5[nH]c(cc6nc(cc1[nH]2)C(C)=C6CC)c(C)c5C(=O)OC4=O)C[C@@H]3C. The molecular formula is C30H28N4O3. The number of hydrogen-bond donors (Lipinski definition) is 2. The molecule has 0 fully saturated rings. The highest BCUT2D eigenvalue weighted by Gasteiger charge is 2.34. The largest absolute Gasteiger partial charge is 0.386 e. The average molecular weight is 493 g/mol. The van der Waals surface area contributed by atoms with E-state index in [-0.39, 0.29) is 5.92 Å². The summed E-state index contributed by atoms with van der Waals surface area (Å²) in [6.45, 7) is 14.2. The van der Waals surface area contributed by atoms with Crippen LogP contribution < -0.4 is 0 Å². The molecule has 8 bridgehead atoms. The lowest BCUT2D eigenvalue weighted by Crippen LogP contribution is -2.20. The molecular weight excluding hydrogens is 464 g/mol. The van der Waals surface area contributed by atoms with Crippen LogP contribution in [0.15, 0.2) is 24.8 Å². The highest BCUT2D eigenvalue weighted by atomic mass is 16.6. The summed E-state index contributed by atoms with van der Waals surface area (Å²) in [4.78, 5) is 42.6. The van der Waals surface area contributed by atoms with Crippen molar-refractivity contribution < 1.29 is 14.3 Å². The molecule has 0 spiro atoms. The zero-order valence-electron chi connectivity index (χ0n) is 21.6. The number of aryl methyl sites for hydroxylation is 2. The molecule has 0 aliphatic carbocycles. The molecule has 1 atom stereocenters. The Morgan fingerprint density at radius 3 is 2.41 bits per heavy atom. The molecule has 3 aliphatic heterocycles. The van der Waals surface area contributed by atoms with Gasteiger partial charge in [0, 0.05) is 33.7 Å². The Balaban J connectivity index is 1.85. The minimum absolute atomic E-state index is 0.0877. The highest BCUT2D eigenvalue weighted by molar-refractivity contribution is 6.18. The number of nitrogens with zero attached hydrogens (tertiary/aromatic N) is 2. The number of esters is 2. The van der Waals surface area contributed by atoms with E-state index in [4.69, 9.17) is 14.7 Å². The predicted octanol–water partition coefficient (Wildman–Crippen LogP) is 6.57. The summed E-state index contributed by atoms with van der Waals surface area (Å²) in [6.07, 6.45) is 3.24. The van der Waals surface area contributed by atoms with Crippen LogP contribution in [0.3, 0.4) is 0 Å². The third kappa shape index (κ3) is 3.34. The van der Waals surface area contributed by atoms with Gasteiger partial charge in [-0.25, -0.2) is 14.6 Å². The highest BCUT2D eigenvalue weighted by Crippen LogP contribution is 2.36. The van der Waals surface area contributed by atoms with Crippen LogP contribution in [-0.4, -0.2) is 31.9 Å². The number of aromatic amines is 2. The van der Waals surface area contributed by atoms with Gasteiger partial charge in [-0.15, -0.1) is 0 Å². The lowest BCUT2D eigenvalue weighted by molar-refractivity contribution is 0.0389. The monoisotopic (exact) mass is 492 g/mol. The number of rotatable bonds is 2. The number of allylic oxidation sites excluding steroid dienone is 2. The molecule has 0 saturated heterocycles. The van der Waals surface area contributed by atoms with Crippen molar-refractivity contribution in [1.82, 2.24) is 19.9 Å². The number of H-pyrrole nitrogens is 2. The second-order valence-corrected chi connectivity index (χ2v) is 10.0. The van der Waals surface area contributed by atoms with Crippen molar-refractivity contribution in [1.29, 1.82) is 0 Å². The second kappa shape index (κ2) is 8.13. The van der Waals surface area contributed by atoms with Gasteiger partial charge in [-0.2, -0.15) is 0 Å². The summed E-state index contributed by atoms with van der Waals surface area (Å²) in [5, 5.41) is 0. The number of aromatic nitrogens is 4. The fourth-order valence-electron chi connectivity index (χ4n) is 5.72. The fraction of sp³-hybridized carbons (Fsp3) is 0.267. The first-order valence-corrected chi connectivity index (χ1v) is 12.6. The van der Waals surface area contributed by atoms with E-state index in [1.54, 1.807) is 0 Å². The smallest absolute Gasteiger partial charge is 0.350 e. The van der Waals surface area contributed by atoms with E-state index in [0.29, 0.717) is 28.8 Å². The van der Waals surface area contributed by atoms with Crippen molar-refractivity contribution >= 4 is 51.2 Å². The molecule has 3 aliphatic rings. The minimum atomic E-state index is -0.667. The number of hydrogen-bond acceptors (Lipinski definition) is 5. The quantitative estimate of drug-likeness (QED) is 0.311. The molecule has 0 unspecified atom stereocenters. The van der Waals surface area contributed by atoms with Crippen LogP contribution >= 0.6 is 0 Å². The molecule has 37 heavy (non-hydrogen) atoms. The van der Waals surface area contributed by atoms with Crippen molar-refractivity contribution in [2.24, 2.45) is 0 Å². The molecule has 0 saturated carbocycles. The Labute approximate surface area is 214 Å². The zero-order chi connectivity index (χ0) is 26.2. The molecule has 6 rings (SSSR count). The van der Waals surface area contributed by atoms with Gasteiger partial charge < -0.3 is 14.7 Å². The lowest BCUT2D eigenvalue weighted by Gasteiger charge is -2.11. The maximum atomic E-state index is 13.0. The number of carbonyl (C=O) groups is 2. The van der Waals surface area contributed by atoms with Crippen LogP contribution in [-0.2, 0) is 11.2 Å². The van der Waals surface area contributed by atoms with Crippen molar-refractivity contribution in [3.8, 4) is 0 Å². The van der Waals surface area contributed by atoms with Gasteiger partial charge in [-0.1, -0.05) is 26.5 Å². The first kappa shape index (κ1) is 23.2. The van der Waals surface area contributed by atoms with Gasteiger partial charge in [0.2, 0.25) is 0 Å². The molecule has 0 amide bonds. The Morgan fingerprint density at radius 1 is 0.973 bits per heavy atom. The van der Waals surface area contributed by atoms with Gasteiger partial charge in [0.05, 0.1) is 28.2 Å². The van der Waals surface area contributed by atoms with Crippen LogP contribution in [0.5, 0.6) is 0 Å². The van der Waals surface area contributed by atoms with E-state index >= 15 is 0 Å². The van der Waals surface area contributed by atoms with Crippen LogP contribution in [0.25, 0.3) is 39.3 Å². The Hall–Kier alpha value is -4.26. The topological polar surface area (TPSA) is 101 Å². The van der Waals surface area contributed by atoms with E-state index in [2.05, 4.69) is 50.3 Å². The fourth-order valence-corrected chi connectivity index (χ4v) is 5.72. The van der Waals surface area contributed by atoms with E-state index in [0.717, 1.165) is 67.9 Å². The van der Waals surface area contributed by atoms with E-state index < -0.39 is 11.9 Å². The van der Waals surface area contributed by atoms with Crippen LogP contribution in [0, 0.1) is 13.8 Å². The summed E-state index contributed by atoms with van der Waals surface area (Å²) in [7, 11) is 0. The van der Waals surface area contributed by atoms with Crippen molar-refractivity contribution in [3.05, 3.63) is 75.4 Å². The maximum Gasteiger partial charge on any atom is 0.350 e. The van der Waals surface area contributed by atoms with Crippen molar-refractivity contribution in [2.45, 2.75) is 53.4 Å². The maximum absolute atomic E-state index is 13.0. The molecule has 2 N–H and O–H groups in total. The standard InChI is InChI=1S/C30H28N4O3/c1-7-17-14(4)20-10-19-13(3)9-25(31-19)27-28-26(29(35)37-30(27)36)16(6)22(34-28)12-24-18(8-2)15(5)21(33-24)11-23(17)32-20/h7,10-13,32,34H,1,8-9H2,2-6H3/t13-/m0/s1. The molecule has 186 valence electrons. The number of nitrogens with one attached hydrogen (secondary N) is 2. The first-order valence-electron chi connectivity index (χ1n) is 12.6. The number of cyclic esters (lactones) is 2. The van der Waals surface area contributed by atoms with E-state index in [1.165, 1.54) is 0 Å². The van der Waals surface area contributed by atoms with Gasteiger partial charge in [-0.3, -0.25) is 4.98 Å². The predicted molar refractivity (Wildman–Crippen MR) is 145 cm³/mol. The summed E-state index contributed by atoms with van der Waals surface area (Å²) >= 11 is 0. The van der Waals surface area contributed by atoms with E-state index in [9.17, 15) is 9.59 Å². The van der Waals surface area contributed by atoms with Crippen LogP contribution in [0.4, 0.5) is 0 Å². The first-order chi connectivity index (χ1) is 17.7. The zero-order valence-corrected chi connectivity index (χ0v) is 21.6. The molecule has 6 heterocycles. The molecule has 0 aromatic carbocycles. The second-order valence-electron chi connectivity index (χ2n) is 10.0. The third-order valence-corrected chi connectivity index (χ3v) is 7.86. The molecule has 3 aromatic rings. The van der Waals surface area contributed by atoms with Gasteiger partial charge in [-0.05, 0) is 74.1 Å². The molecule has 7 heteroatoms. The molecule has 7 nitrogen and oxygen atoms in total. The normalized spacial score (nSPS) is 16.8. The summed E-state index contributed by atoms with van der Waals surface area (Å²) < 4.78 is 5.20. The van der Waals surface area contributed by atoms with Crippen LogP contribution in [0.1, 0.15) is 93.3 Å². The van der Waals surface area contributed by atoms with E-state index in [1.807, 2.05) is 25.1 Å². The molecule has 3 aromatic heterocycles. The van der Waals surface area contributed by atoms with Gasteiger partial charge in [0.15, 0.2) is 0 Å². The van der Waals surface area contributed by atoms with Crippen molar-refractivity contribution in [3.63, 3.8) is 0 Å². The summed E-state index contributed by atoms with van der Waals surface area (Å²) in [6, 6.07) is 6.07.